The van der Waals surface area contributed by atoms with E-state index in [2.05, 4.69) is 15.9 Å². The number of carbonyl (C=O) groups excluding carboxylic acids is 1. The summed E-state index contributed by atoms with van der Waals surface area (Å²) in [6, 6.07) is 12.6. The molecule has 3 rings (SSSR count). The Bertz CT molecular complexity index is 841. The van der Waals surface area contributed by atoms with E-state index in [-0.39, 0.29) is 12.5 Å². The lowest BCUT2D eigenvalue weighted by atomic mass is 10.2. The van der Waals surface area contributed by atoms with Crippen molar-refractivity contribution in [2.24, 2.45) is 0 Å². The van der Waals surface area contributed by atoms with Gasteiger partial charge in [-0.05, 0) is 24.3 Å². The van der Waals surface area contributed by atoms with Gasteiger partial charge in [-0.25, -0.2) is 0 Å². The summed E-state index contributed by atoms with van der Waals surface area (Å²) in [7, 11) is 0. The monoisotopic (exact) mass is 363 g/mol. The van der Waals surface area contributed by atoms with Gasteiger partial charge in [0.25, 0.3) is 5.91 Å². The van der Waals surface area contributed by atoms with Gasteiger partial charge >= 0.3 is 0 Å². The van der Waals surface area contributed by atoms with Gasteiger partial charge in [-0.2, -0.15) is 0 Å². The van der Waals surface area contributed by atoms with Gasteiger partial charge < -0.3 is 5.11 Å². The van der Waals surface area contributed by atoms with Gasteiger partial charge in [0, 0.05) is 21.6 Å². The third-order valence-corrected chi connectivity index (χ3v) is 4.17. The Morgan fingerprint density at radius 2 is 2.00 bits per heavy atom. The van der Waals surface area contributed by atoms with E-state index in [4.69, 9.17) is 11.6 Å². The number of nitrogens with zero attached hydrogens (tertiary/aromatic N) is 1. The van der Waals surface area contributed by atoms with Crippen LogP contribution in [-0.4, -0.2) is 15.6 Å². The second-order valence-corrected chi connectivity index (χ2v) is 5.95. The van der Waals surface area contributed by atoms with Gasteiger partial charge in [0.1, 0.15) is 0 Å². The molecule has 3 aromatic rings. The molecule has 1 aromatic heterocycles. The molecule has 0 unspecified atom stereocenters. The third kappa shape index (κ3) is 2.50. The Morgan fingerprint density at radius 3 is 2.76 bits per heavy atom. The van der Waals surface area contributed by atoms with Crippen LogP contribution in [0, 0.1) is 0 Å². The van der Waals surface area contributed by atoms with Gasteiger partial charge in [-0.1, -0.05) is 45.7 Å². The number of aliphatic hydroxyl groups is 1. The third-order valence-electron chi connectivity index (χ3n) is 3.34. The molecule has 0 spiro atoms. The summed E-state index contributed by atoms with van der Waals surface area (Å²) in [5.41, 5.74) is 1.88. The molecule has 0 saturated heterocycles. The highest BCUT2D eigenvalue weighted by Gasteiger charge is 2.17. The molecule has 5 heteroatoms. The van der Waals surface area contributed by atoms with Crippen molar-refractivity contribution in [2.75, 3.05) is 0 Å². The average Bonchev–Trinajstić information content (AvgIpc) is 2.88. The number of aromatic nitrogens is 1. The van der Waals surface area contributed by atoms with Crippen LogP contribution in [0.5, 0.6) is 0 Å². The molecular formula is C16H11BrClNO2. The van der Waals surface area contributed by atoms with Crippen LogP contribution in [0.4, 0.5) is 0 Å². The number of fused-ring (bicyclic) bond motifs is 1. The smallest absolute Gasteiger partial charge is 0.263 e. The average molecular weight is 365 g/mol. The quantitative estimate of drug-likeness (QED) is 0.739. The molecule has 0 radical (unpaired) electrons. The summed E-state index contributed by atoms with van der Waals surface area (Å²) in [6.45, 7) is -0.118. The van der Waals surface area contributed by atoms with Crippen LogP contribution in [0.25, 0.3) is 10.9 Å². The molecule has 0 aliphatic carbocycles. The standard InChI is InChI=1S/C16H11BrClNO2/c17-11-5-6-14(18)13(7-11)16(21)19-8-10(9-20)12-3-1-2-4-15(12)19/h1-8,20H,9H2. The SMILES string of the molecule is O=C(c1cc(Br)ccc1Cl)n1cc(CO)c2ccccc21. The van der Waals surface area contributed by atoms with Gasteiger partial charge in [-0.3, -0.25) is 9.36 Å². The maximum absolute atomic E-state index is 12.7. The lowest BCUT2D eigenvalue weighted by molar-refractivity contribution is 0.0965. The maximum atomic E-state index is 12.7. The van der Waals surface area contributed by atoms with E-state index in [0.29, 0.717) is 16.1 Å². The summed E-state index contributed by atoms with van der Waals surface area (Å²) in [4.78, 5) is 12.7. The predicted molar refractivity (Wildman–Crippen MR) is 86.7 cm³/mol. The van der Waals surface area contributed by atoms with Crippen molar-refractivity contribution in [2.45, 2.75) is 6.61 Å². The van der Waals surface area contributed by atoms with Crippen LogP contribution in [0.2, 0.25) is 5.02 Å². The minimum absolute atomic E-state index is 0.118. The molecule has 21 heavy (non-hydrogen) atoms. The van der Waals surface area contributed by atoms with Crippen LogP contribution in [-0.2, 0) is 6.61 Å². The number of carbonyl (C=O) groups is 1. The van der Waals surface area contributed by atoms with E-state index in [1.165, 1.54) is 4.57 Å². The first-order valence-corrected chi connectivity index (χ1v) is 7.48. The van der Waals surface area contributed by atoms with Crippen molar-refractivity contribution >= 4 is 44.3 Å². The largest absolute Gasteiger partial charge is 0.392 e. The number of benzene rings is 2. The lowest BCUT2D eigenvalue weighted by Crippen LogP contribution is -2.11. The molecular weight excluding hydrogens is 354 g/mol. The first-order chi connectivity index (χ1) is 10.1. The van der Waals surface area contributed by atoms with E-state index in [0.717, 1.165) is 15.4 Å². The first-order valence-electron chi connectivity index (χ1n) is 6.31. The molecule has 1 heterocycles. The molecule has 0 aliphatic heterocycles. The van der Waals surface area contributed by atoms with Crippen molar-refractivity contribution in [3.63, 3.8) is 0 Å². The maximum Gasteiger partial charge on any atom is 0.263 e. The highest BCUT2D eigenvalue weighted by molar-refractivity contribution is 9.10. The highest BCUT2D eigenvalue weighted by atomic mass is 79.9. The fraction of sp³-hybridized carbons (Fsp3) is 0.0625. The number of hydrogen-bond donors (Lipinski definition) is 1. The Kier molecular flexibility index (Phi) is 3.85. The summed E-state index contributed by atoms with van der Waals surface area (Å²) in [5, 5.41) is 10.7. The van der Waals surface area contributed by atoms with Gasteiger partial charge in [0.15, 0.2) is 0 Å². The van der Waals surface area contributed by atoms with Gasteiger partial charge in [0.2, 0.25) is 0 Å². The van der Waals surface area contributed by atoms with E-state index in [1.807, 2.05) is 24.3 Å². The van der Waals surface area contributed by atoms with Gasteiger partial charge in [-0.15, -0.1) is 0 Å². The number of hydrogen-bond acceptors (Lipinski definition) is 2. The molecule has 3 nitrogen and oxygen atoms in total. The van der Waals surface area contributed by atoms with E-state index in [1.54, 1.807) is 24.4 Å². The van der Waals surface area contributed by atoms with E-state index < -0.39 is 0 Å². The Morgan fingerprint density at radius 1 is 1.24 bits per heavy atom. The molecule has 1 N–H and O–H groups in total. The van der Waals surface area contributed by atoms with Crippen LogP contribution >= 0.6 is 27.5 Å². The second kappa shape index (κ2) is 5.64. The Hall–Kier alpha value is -1.62. The molecule has 0 aliphatic rings. The van der Waals surface area contributed by atoms with Crippen molar-refractivity contribution in [1.29, 1.82) is 0 Å². The van der Waals surface area contributed by atoms with E-state index >= 15 is 0 Å². The molecule has 106 valence electrons. The zero-order chi connectivity index (χ0) is 15.0. The normalized spacial score (nSPS) is 11.0. The van der Waals surface area contributed by atoms with Crippen molar-refractivity contribution < 1.29 is 9.90 Å². The molecule has 2 aromatic carbocycles. The van der Waals surface area contributed by atoms with E-state index in [9.17, 15) is 9.90 Å². The molecule has 0 atom stereocenters. The summed E-state index contributed by atoms with van der Waals surface area (Å²) in [6.07, 6.45) is 1.66. The molecule has 0 bridgehead atoms. The first kappa shape index (κ1) is 14.3. The minimum Gasteiger partial charge on any atom is -0.392 e. The number of aliphatic hydroxyl groups excluding tert-OH is 1. The summed E-state index contributed by atoms with van der Waals surface area (Å²) >= 11 is 9.47. The Labute approximate surface area is 134 Å². The summed E-state index contributed by atoms with van der Waals surface area (Å²) < 4.78 is 2.31. The van der Waals surface area contributed by atoms with Crippen LogP contribution < -0.4 is 0 Å². The molecule has 0 fully saturated rings. The fourth-order valence-corrected chi connectivity index (χ4v) is 2.89. The predicted octanol–water partition coefficient (Wildman–Crippen LogP) is 4.24. The van der Waals surface area contributed by atoms with Crippen molar-refractivity contribution in [3.8, 4) is 0 Å². The zero-order valence-electron chi connectivity index (χ0n) is 10.9. The topological polar surface area (TPSA) is 42.2 Å². The zero-order valence-corrected chi connectivity index (χ0v) is 13.2. The summed E-state index contributed by atoms with van der Waals surface area (Å²) in [5.74, 6) is -0.225. The van der Waals surface area contributed by atoms with Crippen LogP contribution in [0.15, 0.2) is 53.1 Å². The van der Waals surface area contributed by atoms with Crippen molar-refractivity contribution in [3.05, 3.63) is 69.3 Å². The van der Waals surface area contributed by atoms with Crippen LogP contribution in [0.3, 0.4) is 0 Å². The number of halogens is 2. The highest BCUT2D eigenvalue weighted by Crippen LogP contribution is 2.26. The molecule has 0 amide bonds. The van der Waals surface area contributed by atoms with Crippen molar-refractivity contribution in [1.82, 2.24) is 4.57 Å². The second-order valence-electron chi connectivity index (χ2n) is 4.63. The number of para-hydroxylation sites is 1. The van der Waals surface area contributed by atoms with Gasteiger partial charge in [0.05, 0.1) is 22.7 Å². The number of rotatable bonds is 2. The lowest BCUT2D eigenvalue weighted by Gasteiger charge is -2.06. The Balaban J connectivity index is 2.20. The van der Waals surface area contributed by atoms with Crippen LogP contribution in [0.1, 0.15) is 15.9 Å². The fourth-order valence-electron chi connectivity index (χ4n) is 2.34. The molecule has 0 saturated carbocycles. The minimum atomic E-state index is -0.225.